The summed E-state index contributed by atoms with van der Waals surface area (Å²) < 4.78 is 20.7. The smallest absolute Gasteiger partial charge is 0.336 e. The zero-order valence-electron chi connectivity index (χ0n) is 13.8. The molecule has 1 aliphatic heterocycles. The fraction of sp³-hybridized carbons (Fsp3) is 0.0556. The standard InChI is InChI=1S/C18H11Br2FN2O4/c1-27-15-9(6-10(19)8-12(15)20)7-11-16(24)22-18(26)23(17(11)25)14-5-3-2-4-13(14)21/h2-8H,1H3,(H,22,24,26). The van der Waals surface area contributed by atoms with Crippen molar-refractivity contribution in [3.8, 4) is 5.75 Å². The van der Waals surface area contributed by atoms with Gasteiger partial charge in [0.2, 0.25) is 0 Å². The van der Waals surface area contributed by atoms with Gasteiger partial charge >= 0.3 is 6.03 Å². The van der Waals surface area contributed by atoms with E-state index in [0.29, 0.717) is 25.2 Å². The number of carbonyl (C=O) groups is 3. The number of methoxy groups -OCH3 is 1. The molecule has 6 nitrogen and oxygen atoms in total. The summed E-state index contributed by atoms with van der Waals surface area (Å²) >= 11 is 6.66. The van der Waals surface area contributed by atoms with Gasteiger partial charge in [-0.2, -0.15) is 0 Å². The second-order valence-corrected chi connectivity index (χ2v) is 7.19. The van der Waals surface area contributed by atoms with Crippen molar-refractivity contribution in [3.05, 3.63) is 62.3 Å². The summed E-state index contributed by atoms with van der Waals surface area (Å²) in [6, 6.07) is 7.65. The first-order valence-corrected chi connectivity index (χ1v) is 9.11. The molecule has 1 aliphatic rings. The van der Waals surface area contributed by atoms with Crippen LogP contribution in [0.4, 0.5) is 14.9 Å². The average Bonchev–Trinajstić information content (AvgIpc) is 2.59. The van der Waals surface area contributed by atoms with Crippen molar-refractivity contribution >= 4 is 61.5 Å². The minimum absolute atomic E-state index is 0.249. The first-order chi connectivity index (χ1) is 12.8. The monoisotopic (exact) mass is 496 g/mol. The molecule has 1 saturated heterocycles. The first kappa shape index (κ1) is 19.2. The second kappa shape index (κ2) is 7.61. The van der Waals surface area contributed by atoms with Crippen LogP contribution in [0.2, 0.25) is 0 Å². The highest BCUT2D eigenvalue weighted by Gasteiger charge is 2.38. The molecule has 4 amide bonds. The summed E-state index contributed by atoms with van der Waals surface area (Å²) in [7, 11) is 1.44. The number of hydrogen-bond acceptors (Lipinski definition) is 4. The predicted octanol–water partition coefficient (Wildman–Crippen LogP) is 4.03. The number of halogens is 3. The highest BCUT2D eigenvalue weighted by Crippen LogP contribution is 2.34. The average molecular weight is 498 g/mol. The number of ether oxygens (including phenoxy) is 1. The Balaban J connectivity index is 2.12. The Bertz CT molecular complexity index is 1010. The number of benzene rings is 2. The number of nitrogens with one attached hydrogen (secondary N) is 1. The topological polar surface area (TPSA) is 75.7 Å². The number of nitrogens with zero attached hydrogens (tertiary/aromatic N) is 1. The molecule has 0 bridgehead atoms. The van der Waals surface area contributed by atoms with E-state index in [1.807, 2.05) is 0 Å². The van der Waals surface area contributed by atoms with E-state index < -0.39 is 23.7 Å². The van der Waals surface area contributed by atoms with E-state index in [2.05, 4.69) is 37.2 Å². The molecule has 1 heterocycles. The Morgan fingerprint density at radius 2 is 1.85 bits per heavy atom. The van der Waals surface area contributed by atoms with Crippen LogP contribution in [0.3, 0.4) is 0 Å². The number of barbiturate groups is 1. The molecule has 2 aromatic carbocycles. The lowest BCUT2D eigenvalue weighted by atomic mass is 10.1. The van der Waals surface area contributed by atoms with Gasteiger partial charge in [0.05, 0.1) is 17.3 Å². The molecule has 0 aromatic heterocycles. The maximum atomic E-state index is 14.1. The molecule has 0 saturated carbocycles. The van der Waals surface area contributed by atoms with Crippen LogP contribution in [0, 0.1) is 5.82 Å². The van der Waals surface area contributed by atoms with Crippen LogP contribution in [0.5, 0.6) is 5.75 Å². The Kier molecular flexibility index (Phi) is 5.43. The SMILES string of the molecule is COc1c(Br)cc(Br)cc1C=C1C(=O)NC(=O)N(c2ccccc2F)C1=O. The number of carbonyl (C=O) groups excluding carboxylic acids is 3. The molecular formula is C18H11Br2FN2O4. The number of rotatable bonds is 3. The minimum atomic E-state index is -1.02. The van der Waals surface area contributed by atoms with Gasteiger partial charge in [0, 0.05) is 10.0 Å². The van der Waals surface area contributed by atoms with E-state index in [1.165, 1.54) is 31.4 Å². The summed E-state index contributed by atoms with van der Waals surface area (Å²) in [5.41, 5.74) is -0.165. The Morgan fingerprint density at radius 1 is 1.15 bits per heavy atom. The van der Waals surface area contributed by atoms with E-state index in [4.69, 9.17) is 4.74 Å². The van der Waals surface area contributed by atoms with E-state index in [1.54, 1.807) is 12.1 Å². The fourth-order valence-electron chi connectivity index (χ4n) is 2.57. The third-order valence-corrected chi connectivity index (χ3v) is 4.78. The number of anilines is 1. The van der Waals surface area contributed by atoms with Crippen LogP contribution in [0.1, 0.15) is 5.56 Å². The highest BCUT2D eigenvalue weighted by atomic mass is 79.9. The lowest BCUT2D eigenvalue weighted by molar-refractivity contribution is -0.122. The zero-order chi connectivity index (χ0) is 19.7. The fourth-order valence-corrected chi connectivity index (χ4v) is 3.99. The van der Waals surface area contributed by atoms with Crippen LogP contribution in [-0.4, -0.2) is 25.0 Å². The molecule has 1 N–H and O–H groups in total. The van der Waals surface area contributed by atoms with E-state index in [9.17, 15) is 18.8 Å². The number of imide groups is 2. The van der Waals surface area contributed by atoms with Crippen molar-refractivity contribution in [2.75, 3.05) is 12.0 Å². The predicted molar refractivity (Wildman–Crippen MR) is 104 cm³/mol. The molecule has 138 valence electrons. The van der Waals surface area contributed by atoms with Crippen molar-refractivity contribution in [1.29, 1.82) is 0 Å². The summed E-state index contributed by atoms with van der Waals surface area (Å²) in [6.07, 6.45) is 1.28. The number of para-hydroxylation sites is 1. The summed E-state index contributed by atoms with van der Waals surface area (Å²) in [6.45, 7) is 0. The lowest BCUT2D eigenvalue weighted by Crippen LogP contribution is -2.54. The van der Waals surface area contributed by atoms with Gasteiger partial charge in [-0.1, -0.05) is 28.1 Å². The number of hydrogen-bond donors (Lipinski definition) is 1. The molecular weight excluding hydrogens is 487 g/mol. The summed E-state index contributed by atoms with van der Waals surface area (Å²) in [5, 5.41) is 2.05. The van der Waals surface area contributed by atoms with Gasteiger partial charge in [-0.3, -0.25) is 14.9 Å². The van der Waals surface area contributed by atoms with Crippen LogP contribution in [0.15, 0.2) is 50.9 Å². The molecule has 0 radical (unpaired) electrons. The van der Waals surface area contributed by atoms with Crippen molar-refractivity contribution in [2.24, 2.45) is 0 Å². The highest BCUT2D eigenvalue weighted by molar-refractivity contribution is 9.11. The van der Waals surface area contributed by atoms with Crippen LogP contribution in [-0.2, 0) is 9.59 Å². The number of amides is 4. The molecule has 3 rings (SSSR count). The van der Waals surface area contributed by atoms with Crippen molar-refractivity contribution in [2.45, 2.75) is 0 Å². The third kappa shape index (κ3) is 3.65. The lowest BCUT2D eigenvalue weighted by Gasteiger charge is -2.26. The third-order valence-electron chi connectivity index (χ3n) is 3.74. The molecule has 2 aromatic rings. The largest absolute Gasteiger partial charge is 0.495 e. The first-order valence-electron chi connectivity index (χ1n) is 7.52. The second-order valence-electron chi connectivity index (χ2n) is 5.42. The summed E-state index contributed by atoms with van der Waals surface area (Å²) in [5.74, 6) is -2.19. The minimum Gasteiger partial charge on any atom is -0.495 e. The van der Waals surface area contributed by atoms with Gasteiger partial charge in [-0.05, 0) is 46.3 Å². The Hall–Kier alpha value is -2.52. The van der Waals surface area contributed by atoms with Crippen LogP contribution >= 0.6 is 31.9 Å². The van der Waals surface area contributed by atoms with E-state index in [0.717, 1.165) is 6.07 Å². The van der Waals surface area contributed by atoms with Gasteiger partial charge < -0.3 is 4.74 Å². The maximum absolute atomic E-state index is 14.1. The quantitative estimate of drug-likeness (QED) is 0.513. The molecule has 0 spiro atoms. The summed E-state index contributed by atoms with van der Waals surface area (Å²) in [4.78, 5) is 37.8. The van der Waals surface area contributed by atoms with Crippen LogP contribution < -0.4 is 15.0 Å². The van der Waals surface area contributed by atoms with Gasteiger partial charge in [-0.15, -0.1) is 0 Å². The van der Waals surface area contributed by atoms with E-state index in [-0.39, 0.29) is 11.3 Å². The number of urea groups is 1. The molecule has 27 heavy (non-hydrogen) atoms. The Labute approximate surface area is 170 Å². The molecule has 0 aliphatic carbocycles. The van der Waals surface area contributed by atoms with Crippen LogP contribution in [0.25, 0.3) is 6.08 Å². The van der Waals surface area contributed by atoms with Crippen molar-refractivity contribution < 1.29 is 23.5 Å². The maximum Gasteiger partial charge on any atom is 0.336 e. The van der Waals surface area contributed by atoms with Gasteiger partial charge in [0.15, 0.2) is 0 Å². The Morgan fingerprint density at radius 3 is 2.52 bits per heavy atom. The van der Waals surface area contributed by atoms with E-state index >= 15 is 0 Å². The molecule has 1 fully saturated rings. The molecule has 0 atom stereocenters. The van der Waals surface area contributed by atoms with Gasteiger partial charge in [-0.25, -0.2) is 14.1 Å². The van der Waals surface area contributed by atoms with Gasteiger partial charge in [0.25, 0.3) is 11.8 Å². The molecule has 9 heteroatoms. The van der Waals surface area contributed by atoms with Crippen molar-refractivity contribution in [1.82, 2.24) is 5.32 Å². The normalized spacial score (nSPS) is 15.9. The van der Waals surface area contributed by atoms with Crippen molar-refractivity contribution in [3.63, 3.8) is 0 Å². The zero-order valence-corrected chi connectivity index (χ0v) is 16.9. The van der Waals surface area contributed by atoms with Gasteiger partial charge in [0.1, 0.15) is 17.1 Å². The molecule has 0 unspecified atom stereocenters.